The van der Waals surface area contributed by atoms with E-state index in [2.05, 4.69) is 26.1 Å². The number of rotatable bonds is 5. The van der Waals surface area contributed by atoms with Crippen LogP contribution >= 0.6 is 39.9 Å². The first-order valence-corrected chi connectivity index (χ1v) is 9.86. The van der Waals surface area contributed by atoms with Gasteiger partial charge in [-0.15, -0.1) is 5.10 Å². The Hall–Kier alpha value is -1.90. The number of nitrogens with zero attached hydrogens (tertiary/aromatic N) is 3. The molecule has 2 N–H and O–H groups in total. The van der Waals surface area contributed by atoms with E-state index in [1.165, 1.54) is 17.3 Å². The molecule has 0 heterocycles. The normalized spacial score (nSPS) is 11.6. The summed E-state index contributed by atoms with van der Waals surface area (Å²) >= 11 is 10.0. The Kier molecular flexibility index (Phi) is 8.08. The van der Waals surface area contributed by atoms with Gasteiger partial charge in [-0.1, -0.05) is 58.0 Å². The van der Waals surface area contributed by atoms with Gasteiger partial charge in [0.2, 0.25) is 0 Å². The summed E-state index contributed by atoms with van der Waals surface area (Å²) in [7, 11) is 3.64. The van der Waals surface area contributed by atoms with Crippen LogP contribution < -0.4 is 10.5 Å². The zero-order valence-electron chi connectivity index (χ0n) is 14.4. The summed E-state index contributed by atoms with van der Waals surface area (Å²) in [5.41, 5.74) is 7.83. The maximum Gasteiger partial charge on any atom is 0.264 e. The molecule has 0 aliphatic carbocycles. The van der Waals surface area contributed by atoms with E-state index < -0.39 is 0 Å². The number of benzene rings is 2. The van der Waals surface area contributed by atoms with Crippen LogP contribution in [0.15, 0.2) is 63.2 Å². The summed E-state index contributed by atoms with van der Waals surface area (Å²) in [5, 5.41) is 8.85. The minimum absolute atomic E-state index is 0.360. The summed E-state index contributed by atoms with van der Waals surface area (Å²) in [6.07, 6.45) is 1.59. The fourth-order valence-corrected chi connectivity index (χ4v) is 2.84. The van der Waals surface area contributed by atoms with E-state index in [0.29, 0.717) is 16.1 Å². The molecule has 0 amide bonds. The number of halogens is 1. The Balaban J connectivity index is 2.03. The van der Waals surface area contributed by atoms with Crippen LogP contribution in [0.3, 0.4) is 0 Å². The van der Waals surface area contributed by atoms with Crippen LogP contribution in [0.5, 0.6) is 5.75 Å². The van der Waals surface area contributed by atoms with Crippen molar-refractivity contribution in [1.29, 1.82) is 0 Å². The molecule has 0 saturated carbocycles. The summed E-state index contributed by atoms with van der Waals surface area (Å²) in [6, 6.07) is 15.6. The van der Waals surface area contributed by atoms with Crippen molar-refractivity contribution in [3.63, 3.8) is 0 Å². The van der Waals surface area contributed by atoms with Crippen molar-refractivity contribution in [2.24, 2.45) is 15.9 Å². The predicted octanol–water partition coefficient (Wildman–Crippen LogP) is 4.26. The van der Waals surface area contributed by atoms with E-state index in [-0.39, 0.29) is 0 Å². The van der Waals surface area contributed by atoms with E-state index in [0.717, 1.165) is 15.8 Å². The van der Waals surface area contributed by atoms with Crippen molar-refractivity contribution in [2.45, 2.75) is 5.75 Å². The summed E-state index contributed by atoms with van der Waals surface area (Å²) in [5.74, 6) is 1.34. The third-order valence-electron chi connectivity index (χ3n) is 3.12. The lowest BCUT2D eigenvalue weighted by atomic mass is 10.2. The molecular formula is C18H19BrN4OS2. The number of amidine groups is 1. The van der Waals surface area contributed by atoms with Crippen molar-refractivity contribution in [2.75, 3.05) is 14.1 Å². The highest BCUT2D eigenvalue weighted by molar-refractivity contribution is 9.10. The van der Waals surface area contributed by atoms with Gasteiger partial charge in [0.05, 0.1) is 6.21 Å². The number of thioether (sulfide) groups is 1. The monoisotopic (exact) mass is 450 g/mol. The highest BCUT2D eigenvalue weighted by atomic mass is 79.9. The fraction of sp³-hybridized carbons (Fsp3) is 0.167. The Labute approximate surface area is 171 Å². The minimum Gasteiger partial charge on any atom is -0.431 e. The minimum atomic E-state index is 0.360. The van der Waals surface area contributed by atoms with Gasteiger partial charge in [0.25, 0.3) is 5.17 Å². The summed E-state index contributed by atoms with van der Waals surface area (Å²) in [6.45, 7) is 0. The molecule has 0 fully saturated rings. The molecule has 2 aromatic rings. The maximum absolute atomic E-state index is 5.90. The second-order valence-corrected chi connectivity index (χ2v) is 7.66. The Morgan fingerprint density at radius 2 is 2.00 bits per heavy atom. The molecule has 0 aliphatic rings. The molecule has 0 unspecified atom stereocenters. The second kappa shape index (κ2) is 10.3. The van der Waals surface area contributed by atoms with E-state index in [1.54, 1.807) is 11.1 Å². The summed E-state index contributed by atoms with van der Waals surface area (Å²) in [4.78, 5) is 1.72. The van der Waals surface area contributed by atoms with E-state index in [9.17, 15) is 0 Å². The third-order valence-corrected chi connectivity index (χ3v) is 4.92. The maximum atomic E-state index is 5.90. The number of hydrogen-bond donors (Lipinski definition) is 1. The molecule has 0 aliphatic heterocycles. The van der Waals surface area contributed by atoms with Gasteiger partial charge in [0.15, 0.2) is 5.17 Å². The number of ether oxygens (including phenoxy) is 1. The van der Waals surface area contributed by atoms with Gasteiger partial charge in [-0.3, -0.25) is 0 Å². The van der Waals surface area contributed by atoms with Crippen molar-refractivity contribution in [3.05, 3.63) is 64.1 Å². The van der Waals surface area contributed by atoms with E-state index >= 15 is 0 Å². The zero-order valence-corrected chi connectivity index (χ0v) is 17.6. The van der Waals surface area contributed by atoms with Crippen molar-refractivity contribution in [3.8, 4) is 5.75 Å². The van der Waals surface area contributed by atoms with Crippen LogP contribution in [0, 0.1) is 0 Å². The molecule has 0 bridgehead atoms. The first-order valence-electron chi connectivity index (χ1n) is 7.67. The molecule has 2 aromatic carbocycles. The molecule has 0 saturated heterocycles. The Morgan fingerprint density at radius 1 is 1.27 bits per heavy atom. The van der Waals surface area contributed by atoms with Crippen molar-refractivity contribution >= 4 is 56.5 Å². The van der Waals surface area contributed by atoms with Crippen LogP contribution in [-0.2, 0) is 5.75 Å². The summed E-state index contributed by atoms with van der Waals surface area (Å²) < 4.78 is 6.58. The molecule has 8 heteroatoms. The van der Waals surface area contributed by atoms with Gasteiger partial charge in [-0.2, -0.15) is 5.10 Å². The van der Waals surface area contributed by atoms with Crippen LogP contribution in [0.2, 0.25) is 0 Å². The molecule has 136 valence electrons. The van der Waals surface area contributed by atoms with Crippen molar-refractivity contribution < 1.29 is 4.74 Å². The number of nitrogens with two attached hydrogens (primary N) is 1. The second-order valence-electron chi connectivity index (χ2n) is 5.40. The molecule has 0 spiro atoms. The van der Waals surface area contributed by atoms with Gasteiger partial charge >= 0.3 is 0 Å². The smallest absolute Gasteiger partial charge is 0.264 e. The fourth-order valence-electron chi connectivity index (χ4n) is 1.80. The Bertz CT molecular complexity index is 810. The highest BCUT2D eigenvalue weighted by Crippen LogP contribution is 2.23. The first kappa shape index (κ1) is 20.4. The van der Waals surface area contributed by atoms with Gasteiger partial charge in [-0.25, -0.2) is 0 Å². The van der Waals surface area contributed by atoms with Crippen LogP contribution in [0.1, 0.15) is 11.1 Å². The molecule has 0 atom stereocenters. The quantitative estimate of drug-likeness (QED) is 0.319. The SMILES string of the molecule is CN(C)C(=S)Oc1cc(Br)ccc1C=NN=C(N)SCc1ccccc1. The lowest BCUT2D eigenvalue weighted by Crippen LogP contribution is -2.25. The molecule has 5 nitrogen and oxygen atoms in total. The topological polar surface area (TPSA) is 63.2 Å². The van der Waals surface area contributed by atoms with Crippen LogP contribution in [0.4, 0.5) is 0 Å². The molecular weight excluding hydrogens is 432 g/mol. The average Bonchev–Trinajstić information content (AvgIpc) is 2.62. The largest absolute Gasteiger partial charge is 0.431 e. The van der Waals surface area contributed by atoms with Crippen LogP contribution in [-0.4, -0.2) is 35.6 Å². The third kappa shape index (κ3) is 6.78. The predicted molar refractivity (Wildman–Crippen MR) is 118 cm³/mol. The standard InChI is InChI=1S/C18H19BrN4OS2/c1-23(2)18(25)24-16-10-15(19)9-8-14(16)11-21-22-17(20)26-12-13-6-4-3-5-7-13/h3-11H,12H2,1-2H3,(H2,20,22). The molecule has 0 aromatic heterocycles. The number of hydrogen-bond acceptors (Lipinski definition) is 5. The molecule has 26 heavy (non-hydrogen) atoms. The highest BCUT2D eigenvalue weighted by Gasteiger charge is 2.08. The van der Waals surface area contributed by atoms with E-state index in [4.69, 9.17) is 22.7 Å². The Morgan fingerprint density at radius 3 is 2.69 bits per heavy atom. The van der Waals surface area contributed by atoms with Crippen molar-refractivity contribution in [1.82, 2.24) is 4.90 Å². The molecule has 0 radical (unpaired) electrons. The van der Waals surface area contributed by atoms with Crippen LogP contribution in [0.25, 0.3) is 0 Å². The van der Waals surface area contributed by atoms with Gasteiger partial charge in [0, 0.05) is 29.9 Å². The zero-order chi connectivity index (χ0) is 18.9. The average molecular weight is 451 g/mol. The number of thiocarbonyl (C=S) groups is 1. The van der Waals surface area contributed by atoms with Gasteiger partial charge in [0.1, 0.15) is 5.75 Å². The first-order chi connectivity index (χ1) is 12.5. The van der Waals surface area contributed by atoms with E-state index in [1.807, 2.05) is 62.6 Å². The lowest BCUT2D eigenvalue weighted by molar-refractivity contribution is 0.449. The molecule has 2 rings (SSSR count). The van der Waals surface area contributed by atoms with Gasteiger partial charge in [-0.05, 0) is 36.0 Å². The van der Waals surface area contributed by atoms with Gasteiger partial charge < -0.3 is 15.4 Å². The lowest BCUT2D eigenvalue weighted by Gasteiger charge is -2.15.